The highest BCUT2D eigenvalue weighted by Gasteiger charge is 2.68. The number of fused-ring (bicyclic) bond motifs is 6. The molecule has 1 aromatic rings. The zero-order chi connectivity index (χ0) is 24.6. The van der Waals surface area contributed by atoms with Crippen molar-refractivity contribution in [3.05, 3.63) is 29.2 Å². The Labute approximate surface area is 209 Å². The predicted octanol–water partition coefficient (Wildman–Crippen LogP) is 3.30. The fourth-order valence-electron chi connectivity index (χ4n) is 8.41. The average Bonchev–Trinajstić information content (AvgIpc) is 3.41. The van der Waals surface area contributed by atoms with Gasteiger partial charge in [0.2, 0.25) is 0 Å². The van der Waals surface area contributed by atoms with E-state index in [0.717, 1.165) is 42.0 Å². The van der Waals surface area contributed by atoms with Crippen LogP contribution >= 0.6 is 11.8 Å². The van der Waals surface area contributed by atoms with Crippen molar-refractivity contribution in [3.8, 4) is 0 Å². The molecule has 1 aliphatic heterocycles. The first-order chi connectivity index (χ1) is 16.7. The zero-order valence-corrected chi connectivity index (χ0v) is 21.2. The first-order valence-corrected chi connectivity index (χ1v) is 13.8. The molecule has 0 amide bonds. The third kappa shape index (κ3) is 3.28. The van der Waals surface area contributed by atoms with Crippen molar-refractivity contribution >= 4 is 29.5 Å². The molecule has 2 N–H and O–H groups in total. The lowest BCUT2D eigenvalue weighted by molar-refractivity contribution is -0.178. The van der Waals surface area contributed by atoms with E-state index in [1.54, 1.807) is 6.21 Å². The second-order valence-electron chi connectivity index (χ2n) is 11.7. The van der Waals surface area contributed by atoms with Crippen LogP contribution in [0.4, 0.5) is 0 Å². The van der Waals surface area contributed by atoms with E-state index in [-0.39, 0.29) is 40.5 Å². The number of rotatable bonds is 4. The van der Waals surface area contributed by atoms with E-state index < -0.39 is 17.1 Å². The van der Waals surface area contributed by atoms with E-state index in [9.17, 15) is 19.8 Å². The monoisotopic (exact) mass is 495 g/mol. The van der Waals surface area contributed by atoms with Crippen LogP contribution in [0.5, 0.6) is 0 Å². The highest BCUT2D eigenvalue weighted by Crippen LogP contribution is 2.67. The van der Waals surface area contributed by atoms with Gasteiger partial charge in [0.25, 0.3) is 0 Å². The Morgan fingerprint density at radius 2 is 2.03 bits per heavy atom. The van der Waals surface area contributed by atoms with Gasteiger partial charge in [-0.1, -0.05) is 31.2 Å². The first-order valence-electron chi connectivity index (χ1n) is 12.8. The molecule has 5 aliphatic rings. The van der Waals surface area contributed by atoms with Crippen LogP contribution in [0.1, 0.15) is 70.1 Å². The van der Waals surface area contributed by atoms with Crippen molar-refractivity contribution in [1.82, 2.24) is 9.97 Å². The maximum Gasteiger partial charge on any atom is 0.175 e. The summed E-state index contributed by atoms with van der Waals surface area (Å²) < 4.78 is 0. The van der Waals surface area contributed by atoms with Crippen LogP contribution < -0.4 is 0 Å². The lowest BCUT2D eigenvalue weighted by atomic mass is 9.45. The smallest absolute Gasteiger partial charge is 0.175 e. The van der Waals surface area contributed by atoms with Crippen LogP contribution in [-0.2, 0) is 16.1 Å². The molecule has 0 bridgehead atoms. The van der Waals surface area contributed by atoms with Crippen molar-refractivity contribution in [2.45, 2.75) is 82.1 Å². The standard InChI is InChI=1S/C27H33N3O4S/c1-25-7-5-16(31)9-15(25)3-4-17-19-6-8-27(34,26(19,2)10-21(32)23(17)25)22(33)13-35-24-18-11-28-12-20(18)29-14-30-24/h9,11,14,17,19,21,23,32,34H,3-8,10,12-13H2,1-2H3/t17?,19?,21?,23?,25?,26?,27-/m0/s1. The van der Waals surface area contributed by atoms with Gasteiger partial charge in [0.05, 0.1) is 24.1 Å². The fraction of sp³-hybridized carbons (Fsp3) is 0.667. The number of carbonyl (C=O) groups is 2. The second-order valence-corrected chi connectivity index (χ2v) is 12.7. The largest absolute Gasteiger partial charge is 0.393 e. The quantitative estimate of drug-likeness (QED) is 0.487. The number of hydrogen-bond acceptors (Lipinski definition) is 8. The van der Waals surface area contributed by atoms with Crippen LogP contribution in [0.3, 0.4) is 0 Å². The third-order valence-corrected chi connectivity index (χ3v) is 11.2. The molecular weight excluding hydrogens is 462 g/mol. The van der Waals surface area contributed by atoms with E-state index in [2.05, 4.69) is 21.9 Å². The second kappa shape index (κ2) is 8.05. The first kappa shape index (κ1) is 23.5. The number of allylic oxidation sites excluding steroid dienone is 1. The summed E-state index contributed by atoms with van der Waals surface area (Å²) in [5.74, 6) is 0.656. The molecule has 2 heterocycles. The molecular formula is C27H33N3O4S. The molecule has 3 fully saturated rings. The molecule has 0 spiro atoms. The summed E-state index contributed by atoms with van der Waals surface area (Å²) in [6.07, 6.45) is 9.23. The van der Waals surface area contributed by atoms with Crippen molar-refractivity contribution in [2.24, 2.45) is 33.6 Å². The number of carbonyl (C=O) groups excluding carboxylic acids is 2. The Kier molecular flexibility index (Phi) is 5.40. The number of thioether (sulfide) groups is 1. The molecule has 6 unspecified atom stereocenters. The van der Waals surface area contributed by atoms with Gasteiger partial charge >= 0.3 is 0 Å². The third-order valence-electron chi connectivity index (χ3n) is 10.2. The SMILES string of the molecule is CC12CCC(=O)C=C1CCC1C2C(O)CC2(C)C1CC[C@]2(O)C(=O)CSc1ncnc2c1C=NC2. The minimum atomic E-state index is -1.46. The Balaban J connectivity index is 1.25. The number of ketones is 2. The molecule has 6 rings (SSSR count). The van der Waals surface area contributed by atoms with E-state index in [0.29, 0.717) is 25.8 Å². The number of nitrogens with zero attached hydrogens (tertiary/aromatic N) is 3. The molecule has 0 aromatic carbocycles. The summed E-state index contributed by atoms with van der Waals surface area (Å²) in [5.41, 5.74) is 0.635. The topological polar surface area (TPSA) is 113 Å². The van der Waals surface area contributed by atoms with Gasteiger partial charge in [-0.2, -0.15) is 0 Å². The van der Waals surface area contributed by atoms with Crippen LogP contribution in [0.15, 0.2) is 28.0 Å². The molecule has 186 valence electrons. The molecule has 4 aliphatic carbocycles. The normalized spacial score (nSPS) is 41.6. The number of aliphatic hydroxyl groups is 2. The van der Waals surface area contributed by atoms with Crippen LogP contribution in [0.2, 0.25) is 0 Å². The van der Waals surface area contributed by atoms with Crippen LogP contribution in [-0.4, -0.2) is 55.4 Å². The molecule has 1 aromatic heterocycles. The van der Waals surface area contributed by atoms with Gasteiger partial charge in [-0.15, -0.1) is 0 Å². The highest BCUT2D eigenvalue weighted by molar-refractivity contribution is 8.00. The minimum absolute atomic E-state index is 0.0726. The fourth-order valence-corrected chi connectivity index (χ4v) is 9.37. The predicted molar refractivity (Wildman–Crippen MR) is 132 cm³/mol. The molecule has 0 saturated heterocycles. The van der Waals surface area contributed by atoms with E-state index in [1.807, 2.05) is 13.0 Å². The van der Waals surface area contributed by atoms with Crippen molar-refractivity contribution in [2.75, 3.05) is 5.75 Å². The number of aliphatic imine (C=N–C) groups is 1. The van der Waals surface area contributed by atoms with Crippen molar-refractivity contribution in [3.63, 3.8) is 0 Å². The maximum absolute atomic E-state index is 13.6. The van der Waals surface area contributed by atoms with E-state index in [4.69, 9.17) is 0 Å². The summed E-state index contributed by atoms with van der Waals surface area (Å²) >= 11 is 1.34. The summed E-state index contributed by atoms with van der Waals surface area (Å²) in [6, 6.07) is 0. The Morgan fingerprint density at radius 1 is 1.20 bits per heavy atom. The molecule has 0 radical (unpaired) electrons. The van der Waals surface area contributed by atoms with Gasteiger partial charge < -0.3 is 10.2 Å². The maximum atomic E-state index is 13.6. The van der Waals surface area contributed by atoms with Crippen LogP contribution in [0, 0.1) is 28.6 Å². The molecule has 8 heteroatoms. The van der Waals surface area contributed by atoms with Gasteiger partial charge in [0.1, 0.15) is 17.0 Å². The summed E-state index contributed by atoms with van der Waals surface area (Å²) in [4.78, 5) is 38.6. The Bertz CT molecular complexity index is 1170. The Morgan fingerprint density at radius 3 is 2.86 bits per heavy atom. The van der Waals surface area contributed by atoms with Gasteiger partial charge in [0, 0.05) is 23.6 Å². The molecule has 35 heavy (non-hydrogen) atoms. The molecule has 3 saturated carbocycles. The number of Topliss-reactive ketones (excluding diaryl/α,β-unsaturated/α-hetero) is 1. The number of aromatic nitrogens is 2. The van der Waals surface area contributed by atoms with E-state index >= 15 is 0 Å². The Hall–Kier alpha value is -1.90. The van der Waals surface area contributed by atoms with Crippen molar-refractivity contribution in [1.29, 1.82) is 0 Å². The average molecular weight is 496 g/mol. The number of aliphatic hydroxyl groups excluding tert-OH is 1. The number of hydrogen-bond donors (Lipinski definition) is 2. The summed E-state index contributed by atoms with van der Waals surface area (Å²) in [5, 5.41) is 24.2. The van der Waals surface area contributed by atoms with E-state index in [1.165, 1.54) is 23.7 Å². The van der Waals surface area contributed by atoms with Gasteiger partial charge in [-0.25, -0.2) is 9.97 Å². The van der Waals surface area contributed by atoms with Gasteiger partial charge in [-0.05, 0) is 67.8 Å². The lowest BCUT2D eigenvalue weighted by Crippen LogP contribution is -2.61. The highest BCUT2D eigenvalue weighted by atomic mass is 32.2. The lowest BCUT2D eigenvalue weighted by Gasteiger charge is -2.60. The zero-order valence-electron chi connectivity index (χ0n) is 20.4. The van der Waals surface area contributed by atoms with Gasteiger partial charge in [-0.3, -0.25) is 14.6 Å². The molecule has 7 atom stereocenters. The summed E-state index contributed by atoms with van der Waals surface area (Å²) in [6.45, 7) is 4.79. The minimum Gasteiger partial charge on any atom is -0.393 e. The van der Waals surface area contributed by atoms with Crippen molar-refractivity contribution < 1.29 is 19.8 Å². The summed E-state index contributed by atoms with van der Waals surface area (Å²) in [7, 11) is 0. The van der Waals surface area contributed by atoms with Gasteiger partial charge in [0.15, 0.2) is 11.6 Å². The van der Waals surface area contributed by atoms with Crippen LogP contribution in [0.25, 0.3) is 0 Å². The molecule has 7 nitrogen and oxygen atoms in total.